The summed E-state index contributed by atoms with van der Waals surface area (Å²) in [4.78, 5) is 0.695. The number of rotatable bonds is 5. The lowest BCUT2D eigenvalue weighted by molar-refractivity contribution is 0.355. The smallest absolute Gasteiger partial charge is 0.235 e. The molecule has 0 aliphatic heterocycles. The van der Waals surface area contributed by atoms with Gasteiger partial charge in [-0.3, -0.25) is 5.10 Å². The maximum atomic E-state index is 5.39. The van der Waals surface area contributed by atoms with Crippen LogP contribution in [0.15, 0.2) is 54.6 Å². The lowest BCUT2D eigenvalue weighted by Crippen LogP contribution is -1.94. The van der Waals surface area contributed by atoms with Crippen LogP contribution in [0, 0.1) is 0 Å². The Bertz CT molecular complexity index is 1290. The molecule has 3 heterocycles. The summed E-state index contributed by atoms with van der Waals surface area (Å²) in [6, 6.07) is 17.6. The molecule has 144 valence electrons. The molecule has 0 saturated heterocycles. The molecule has 0 unspecified atom stereocenters. The van der Waals surface area contributed by atoms with E-state index in [1.54, 1.807) is 18.7 Å². The molecule has 1 N–H and O–H groups in total. The summed E-state index contributed by atoms with van der Waals surface area (Å²) in [5.41, 5.74) is 3.58. The van der Waals surface area contributed by atoms with E-state index >= 15 is 0 Å². The lowest BCUT2D eigenvalue weighted by atomic mass is 10.1. The summed E-state index contributed by atoms with van der Waals surface area (Å²) in [5, 5.41) is 21.5. The van der Waals surface area contributed by atoms with E-state index in [2.05, 4.69) is 20.4 Å². The monoisotopic (exact) mass is 404 g/mol. The largest absolute Gasteiger partial charge is 0.493 e. The molecule has 0 aliphatic rings. The van der Waals surface area contributed by atoms with E-state index in [9.17, 15) is 0 Å². The van der Waals surface area contributed by atoms with Gasteiger partial charge in [-0.05, 0) is 24.3 Å². The number of H-pyrrole nitrogens is 1. The number of methoxy groups -OCH3 is 2. The SMILES string of the molecule is COc1ccc(-c2nnc3sc(-c4cc(-c5ccccc5)n[nH]4)nn23)cc1OC. The summed E-state index contributed by atoms with van der Waals surface area (Å²) >= 11 is 1.44. The highest BCUT2D eigenvalue weighted by molar-refractivity contribution is 7.19. The first-order valence-electron chi connectivity index (χ1n) is 8.82. The van der Waals surface area contributed by atoms with Gasteiger partial charge in [0, 0.05) is 11.1 Å². The Balaban J connectivity index is 1.53. The second-order valence-electron chi connectivity index (χ2n) is 6.23. The van der Waals surface area contributed by atoms with Gasteiger partial charge in [0.15, 0.2) is 22.3 Å². The van der Waals surface area contributed by atoms with Crippen molar-refractivity contribution in [3.05, 3.63) is 54.6 Å². The molecule has 2 aromatic carbocycles. The molecule has 0 atom stereocenters. The van der Waals surface area contributed by atoms with Gasteiger partial charge in [0.2, 0.25) is 4.96 Å². The van der Waals surface area contributed by atoms with Crippen molar-refractivity contribution in [2.45, 2.75) is 0 Å². The molecule has 0 bridgehead atoms. The minimum Gasteiger partial charge on any atom is -0.493 e. The highest BCUT2D eigenvalue weighted by Gasteiger charge is 2.17. The molecular weight excluding hydrogens is 388 g/mol. The third-order valence-electron chi connectivity index (χ3n) is 4.51. The number of aromatic amines is 1. The maximum Gasteiger partial charge on any atom is 0.235 e. The highest BCUT2D eigenvalue weighted by atomic mass is 32.1. The number of aromatic nitrogens is 6. The normalized spacial score (nSPS) is 11.1. The average Bonchev–Trinajstić information content (AvgIpc) is 3.49. The number of benzene rings is 2. The predicted octanol–water partition coefficient (Wildman–Crippen LogP) is 3.93. The Morgan fingerprint density at radius 1 is 0.897 bits per heavy atom. The van der Waals surface area contributed by atoms with Gasteiger partial charge in [-0.1, -0.05) is 41.7 Å². The van der Waals surface area contributed by atoms with Crippen molar-refractivity contribution in [3.63, 3.8) is 0 Å². The molecule has 3 aromatic heterocycles. The Kier molecular flexibility index (Phi) is 4.21. The summed E-state index contributed by atoms with van der Waals surface area (Å²) in [6.07, 6.45) is 0. The number of hydrogen-bond donors (Lipinski definition) is 1. The maximum absolute atomic E-state index is 5.39. The summed E-state index contributed by atoms with van der Waals surface area (Å²) in [5.74, 6) is 1.91. The summed E-state index contributed by atoms with van der Waals surface area (Å²) < 4.78 is 12.4. The molecule has 5 aromatic rings. The van der Waals surface area contributed by atoms with Crippen molar-refractivity contribution in [2.75, 3.05) is 14.2 Å². The molecule has 0 radical (unpaired) electrons. The minimum absolute atomic E-state index is 0.623. The molecule has 0 spiro atoms. The van der Waals surface area contributed by atoms with Crippen LogP contribution in [0.4, 0.5) is 0 Å². The van der Waals surface area contributed by atoms with Crippen LogP contribution in [0.2, 0.25) is 0 Å². The Labute approximate surface area is 169 Å². The van der Waals surface area contributed by atoms with E-state index in [1.165, 1.54) is 11.3 Å². The molecule has 9 heteroatoms. The van der Waals surface area contributed by atoms with E-state index in [0.717, 1.165) is 27.5 Å². The number of hydrogen-bond acceptors (Lipinski definition) is 7. The summed E-state index contributed by atoms with van der Waals surface area (Å²) in [6.45, 7) is 0. The Hall–Kier alpha value is -3.72. The van der Waals surface area contributed by atoms with Crippen molar-refractivity contribution < 1.29 is 9.47 Å². The fraction of sp³-hybridized carbons (Fsp3) is 0.100. The molecule has 8 nitrogen and oxygen atoms in total. The average molecular weight is 404 g/mol. The van der Waals surface area contributed by atoms with Gasteiger partial charge < -0.3 is 9.47 Å². The fourth-order valence-corrected chi connectivity index (χ4v) is 3.87. The number of ether oxygens (including phenoxy) is 2. The van der Waals surface area contributed by atoms with Crippen molar-refractivity contribution >= 4 is 16.3 Å². The molecule has 29 heavy (non-hydrogen) atoms. The minimum atomic E-state index is 0.623. The molecule has 0 fully saturated rings. The standard InChI is InChI=1S/C20H16N6O2S/c1-27-16-9-8-13(10-17(16)28-2)18-23-24-20-26(18)25-19(29-20)15-11-14(21-22-15)12-6-4-3-5-7-12/h3-11H,1-2H3,(H,21,22). The van der Waals surface area contributed by atoms with Crippen LogP contribution in [0.25, 0.3) is 38.3 Å². The molecular formula is C20H16N6O2S. The van der Waals surface area contributed by atoms with Gasteiger partial charge in [-0.25, -0.2) is 0 Å². The first-order chi connectivity index (χ1) is 14.3. The van der Waals surface area contributed by atoms with E-state index < -0.39 is 0 Å². The van der Waals surface area contributed by atoms with Crippen LogP contribution < -0.4 is 9.47 Å². The lowest BCUT2D eigenvalue weighted by Gasteiger charge is -2.08. The zero-order chi connectivity index (χ0) is 19.8. The van der Waals surface area contributed by atoms with Gasteiger partial charge >= 0.3 is 0 Å². The van der Waals surface area contributed by atoms with E-state index in [0.29, 0.717) is 22.3 Å². The van der Waals surface area contributed by atoms with E-state index in [1.807, 2.05) is 54.6 Å². The predicted molar refractivity (Wildman–Crippen MR) is 110 cm³/mol. The molecule has 0 saturated carbocycles. The van der Waals surface area contributed by atoms with Crippen molar-refractivity contribution in [3.8, 4) is 44.8 Å². The first-order valence-corrected chi connectivity index (χ1v) is 9.64. The summed E-state index contributed by atoms with van der Waals surface area (Å²) in [7, 11) is 3.21. The molecule has 0 aliphatic carbocycles. The number of nitrogens with zero attached hydrogens (tertiary/aromatic N) is 5. The number of nitrogens with one attached hydrogen (secondary N) is 1. The third kappa shape index (κ3) is 3.01. The van der Waals surface area contributed by atoms with Gasteiger partial charge in [-0.2, -0.15) is 14.7 Å². The fourth-order valence-electron chi connectivity index (χ4n) is 3.07. The molecule has 0 amide bonds. The van der Waals surface area contributed by atoms with Crippen LogP contribution in [0.1, 0.15) is 0 Å². The Morgan fingerprint density at radius 2 is 1.72 bits per heavy atom. The van der Waals surface area contributed by atoms with E-state index in [4.69, 9.17) is 14.6 Å². The second kappa shape index (κ2) is 7.02. The van der Waals surface area contributed by atoms with Crippen LogP contribution in [-0.2, 0) is 0 Å². The van der Waals surface area contributed by atoms with Gasteiger partial charge in [-0.15, -0.1) is 10.2 Å². The third-order valence-corrected chi connectivity index (χ3v) is 5.44. The highest BCUT2D eigenvalue weighted by Crippen LogP contribution is 2.33. The van der Waals surface area contributed by atoms with Crippen molar-refractivity contribution in [2.24, 2.45) is 0 Å². The van der Waals surface area contributed by atoms with Crippen LogP contribution in [0.5, 0.6) is 11.5 Å². The van der Waals surface area contributed by atoms with Gasteiger partial charge in [0.25, 0.3) is 0 Å². The second-order valence-corrected chi connectivity index (χ2v) is 7.18. The Morgan fingerprint density at radius 3 is 2.52 bits per heavy atom. The van der Waals surface area contributed by atoms with Gasteiger partial charge in [0.05, 0.1) is 25.6 Å². The topological polar surface area (TPSA) is 90.2 Å². The van der Waals surface area contributed by atoms with Crippen molar-refractivity contribution in [1.29, 1.82) is 0 Å². The van der Waals surface area contributed by atoms with Crippen LogP contribution >= 0.6 is 11.3 Å². The first kappa shape index (κ1) is 17.4. The van der Waals surface area contributed by atoms with Crippen molar-refractivity contribution in [1.82, 2.24) is 30.0 Å². The van der Waals surface area contributed by atoms with Crippen LogP contribution in [0.3, 0.4) is 0 Å². The van der Waals surface area contributed by atoms with Crippen LogP contribution in [-0.4, -0.2) is 44.2 Å². The number of fused-ring (bicyclic) bond motifs is 1. The molecule has 5 rings (SSSR count). The van der Waals surface area contributed by atoms with E-state index in [-0.39, 0.29) is 0 Å². The zero-order valence-corrected chi connectivity index (χ0v) is 16.5. The quantitative estimate of drug-likeness (QED) is 0.477. The van der Waals surface area contributed by atoms with Gasteiger partial charge in [0.1, 0.15) is 0 Å². The zero-order valence-electron chi connectivity index (χ0n) is 15.7.